The smallest absolute Gasteiger partial charge is 0.272 e. The van der Waals surface area contributed by atoms with Gasteiger partial charge in [-0.05, 0) is 37.3 Å². The summed E-state index contributed by atoms with van der Waals surface area (Å²) in [5.74, 6) is -0.194. The topological polar surface area (TPSA) is 72.2 Å². The second kappa shape index (κ2) is 7.54. The summed E-state index contributed by atoms with van der Waals surface area (Å²) in [5.41, 5.74) is 1.02. The molecule has 0 saturated carbocycles. The zero-order valence-corrected chi connectivity index (χ0v) is 14.2. The van der Waals surface area contributed by atoms with Gasteiger partial charge in [0.1, 0.15) is 0 Å². The lowest BCUT2D eigenvalue weighted by Gasteiger charge is -2.29. The van der Waals surface area contributed by atoms with Crippen LogP contribution in [0, 0.1) is 22.5 Å². The molecule has 21 heavy (non-hydrogen) atoms. The summed E-state index contributed by atoms with van der Waals surface area (Å²) in [6.07, 6.45) is 1.93. The van der Waals surface area contributed by atoms with E-state index >= 15 is 0 Å². The van der Waals surface area contributed by atoms with E-state index in [2.05, 4.69) is 35.1 Å². The van der Waals surface area contributed by atoms with Crippen LogP contribution in [-0.4, -0.2) is 22.7 Å². The molecule has 116 valence electrons. The van der Waals surface area contributed by atoms with Crippen LogP contribution >= 0.6 is 15.9 Å². The second-order valence-electron chi connectivity index (χ2n) is 5.28. The van der Waals surface area contributed by atoms with E-state index < -0.39 is 4.92 Å². The Bertz CT molecular complexity index is 519. The predicted molar refractivity (Wildman–Crippen MR) is 87.0 cm³/mol. The first-order valence-electron chi connectivity index (χ1n) is 6.98. The molecule has 0 radical (unpaired) electrons. The number of benzene rings is 1. The second-order valence-corrected chi connectivity index (χ2v) is 5.84. The molecule has 0 spiro atoms. The van der Waals surface area contributed by atoms with E-state index in [9.17, 15) is 14.9 Å². The average Bonchev–Trinajstić information content (AvgIpc) is 2.48. The highest BCUT2D eigenvalue weighted by Crippen LogP contribution is 2.28. The Morgan fingerprint density at radius 2 is 2.00 bits per heavy atom. The highest BCUT2D eigenvalue weighted by Gasteiger charge is 2.25. The van der Waals surface area contributed by atoms with Gasteiger partial charge in [-0.3, -0.25) is 14.9 Å². The minimum atomic E-state index is -0.443. The third-order valence-electron chi connectivity index (χ3n) is 4.06. The maximum absolute atomic E-state index is 12.2. The number of carbonyl (C=O) groups excluding carboxylic acids is 1. The number of halogens is 1. The van der Waals surface area contributed by atoms with Crippen LogP contribution in [0.25, 0.3) is 0 Å². The molecular weight excluding hydrogens is 336 g/mol. The van der Waals surface area contributed by atoms with E-state index in [1.165, 1.54) is 12.1 Å². The van der Waals surface area contributed by atoms with Gasteiger partial charge in [-0.15, -0.1) is 0 Å². The van der Waals surface area contributed by atoms with Crippen molar-refractivity contribution in [2.24, 2.45) is 5.41 Å². The standard InChI is InChI=1S/C15H21BrN2O3/c1-4-15(5-2,9-16)10-17-14(19)12-6-7-13(18(20)21)11(3)8-12/h6-8H,4-5,9-10H2,1-3H3,(H,17,19). The van der Waals surface area contributed by atoms with Gasteiger partial charge in [-0.25, -0.2) is 0 Å². The minimum Gasteiger partial charge on any atom is -0.351 e. The quantitative estimate of drug-likeness (QED) is 0.458. The van der Waals surface area contributed by atoms with Crippen molar-refractivity contribution in [3.8, 4) is 0 Å². The van der Waals surface area contributed by atoms with Crippen LogP contribution in [0.3, 0.4) is 0 Å². The van der Waals surface area contributed by atoms with Crippen molar-refractivity contribution in [3.63, 3.8) is 0 Å². The van der Waals surface area contributed by atoms with Crippen LogP contribution in [0.1, 0.15) is 42.6 Å². The van der Waals surface area contributed by atoms with E-state index in [0.717, 1.165) is 18.2 Å². The van der Waals surface area contributed by atoms with Crippen LogP contribution in [0.4, 0.5) is 5.69 Å². The lowest BCUT2D eigenvalue weighted by atomic mass is 9.84. The minimum absolute atomic E-state index is 0.0310. The van der Waals surface area contributed by atoms with Gasteiger partial charge in [0.2, 0.25) is 0 Å². The number of nitro groups is 1. The maximum atomic E-state index is 12.2. The van der Waals surface area contributed by atoms with Gasteiger partial charge in [0.15, 0.2) is 0 Å². The van der Waals surface area contributed by atoms with Gasteiger partial charge in [0.05, 0.1) is 4.92 Å². The fraction of sp³-hybridized carbons (Fsp3) is 0.533. The number of hydrogen-bond acceptors (Lipinski definition) is 3. The molecule has 5 nitrogen and oxygen atoms in total. The van der Waals surface area contributed by atoms with Crippen molar-refractivity contribution in [2.45, 2.75) is 33.6 Å². The summed E-state index contributed by atoms with van der Waals surface area (Å²) in [4.78, 5) is 22.5. The molecule has 0 fully saturated rings. The molecule has 0 aliphatic heterocycles. The van der Waals surface area contributed by atoms with Gasteiger partial charge in [0.25, 0.3) is 11.6 Å². The Hall–Kier alpha value is -1.43. The number of alkyl halides is 1. The lowest BCUT2D eigenvalue weighted by molar-refractivity contribution is -0.385. The van der Waals surface area contributed by atoms with Crippen molar-refractivity contribution < 1.29 is 9.72 Å². The van der Waals surface area contributed by atoms with Crippen molar-refractivity contribution in [1.82, 2.24) is 5.32 Å². The number of nitro benzene ring substituents is 1. The van der Waals surface area contributed by atoms with Crippen LogP contribution in [0.15, 0.2) is 18.2 Å². The highest BCUT2D eigenvalue weighted by molar-refractivity contribution is 9.09. The fourth-order valence-electron chi connectivity index (χ4n) is 2.11. The molecule has 0 aliphatic carbocycles. The molecule has 1 N–H and O–H groups in total. The van der Waals surface area contributed by atoms with E-state index in [0.29, 0.717) is 17.7 Å². The first-order valence-corrected chi connectivity index (χ1v) is 8.10. The predicted octanol–water partition coefficient (Wildman–Crippen LogP) is 3.83. The van der Waals surface area contributed by atoms with E-state index in [1.807, 2.05) is 0 Å². The van der Waals surface area contributed by atoms with Crippen LogP contribution in [0.2, 0.25) is 0 Å². The number of aryl methyl sites for hydroxylation is 1. The van der Waals surface area contributed by atoms with Gasteiger partial charge >= 0.3 is 0 Å². The molecule has 0 bridgehead atoms. The summed E-state index contributed by atoms with van der Waals surface area (Å²) < 4.78 is 0. The Balaban J connectivity index is 2.81. The fourth-order valence-corrected chi connectivity index (χ4v) is 3.10. The lowest BCUT2D eigenvalue weighted by Crippen LogP contribution is -2.38. The number of nitrogens with one attached hydrogen (secondary N) is 1. The SMILES string of the molecule is CCC(CC)(CBr)CNC(=O)c1ccc([N+](=O)[O-])c(C)c1. The van der Waals surface area contributed by atoms with Crippen LogP contribution in [0.5, 0.6) is 0 Å². The number of amides is 1. The van der Waals surface area contributed by atoms with Gasteiger partial charge in [-0.2, -0.15) is 0 Å². The number of nitrogens with zero attached hydrogens (tertiary/aromatic N) is 1. The van der Waals surface area contributed by atoms with Gasteiger partial charge in [-0.1, -0.05) is 29.8 Å². The first-order chi connectivity index (χ1) is 9.89. The number of carbonyl (C=O) groups is 1. The molecule has 1 aromatic carbocycles. The van der Waals surface area contributed by atoms with Crippen LogP contribution < -0.4 is 5.32 Å². The molecule has 1 aromatic rings. The molecule has 0 heterocycles. The Kier molecular flexibility index (Phi) is 6.33. The van der Waals surface area contributed by atoms with E-state index in [1.54, 1.807) is 13.0 Å². The molecular formula is C15H21BrN2O3. The van der Waals surface area contributed by atoms with E-state index in [4.69, 9.17) is 0 Å². The largest absolute Gasteiger partial charge is 0.351 e. The summed E-state index contributed by atoms with van der Waals surface area (Å²) in [7, 11) is 0. The third kappa shape index (κ3) is 4.27. The normalized spacial score (nSPS) is 11.2. The van der Waals surface area contributed by atoms with E-state index in [-0.39, 0.29) is 17.0 Å². The van der Waals surface area contributed by atoms with Crippen molar-refractivity contribution in [3.05, 3.63) is 39.4 Å². The maximum Gasteiger partial charge on any atom is 0.272 e. The molecule has 1 amide bonds. The third-order valence-corrected chi connectivity index (χ3v) is 5.25. The van der Waals surface area contributed by atoms with Crippen molar-refractivity contribution >= 4 is 27.5 Å². The van der Waals surface area contributed by atoms with Gasteiger partial charge < -0.3 is 5.32 Å². The van der Waals surface area contributed by atoms with Crippen molar-refractivity contribution in [1.29, 1.82) is 0 Å². The number of hydrogen-bond donors (Lipinski definition) is 1. The highest BCUT2D eigenvalue weighted by atomic mass is 79.9. The molecule has 0 aliphatic rings. The molecule has 0 atom stereocenters. The monoisotopic (exact) mass is 356 g/mol. The summed E-state index contributed by atoms with van der Waals surface area (Å²) in [6, 6.07) is 4.43. The molecule has 6 heteroatoms. The Labute approximate surface area is 133 Å². The average molecular weight is 357 g/mol. The molecule has 1 rings (SSSR count). The molecule has 0 aromatic heterocycles. The summed E-state index contributed by atoms with van der Waals surface area (Å²) in [6.45, 7) is 6.43. The first kappa shape index (κ1) is 17.6. The zero-order valence-electron chi connectivity index (χ0n) is 12.6. The molecule has 0 saturated heterocycles. The summed E-state index contributed by atoms with van der Waals surface area (Å²) >= 11 is 3.51. The van der Waals surface area contributed by atoms with Crippen molar-refractivity contribution in [2.75, 3.05) is 11.9 Å². The van der Waals surface area contributed by atoms with Gasteiger partial charge in [0, 0.05) is 29.1 Å². The van der Waals surface area contributed by atoms with Crippen LogP contribution in [-0.2, 0) is 0 Å². The Morgan fingerprint density at radius 3 is 2.43 bits per heavy atom. The molecule has 0 unspecified atom stereocenters. The zero-order chi connectivity index (χ0) is 16.0. The summed E-state index contributed by atoms with van der Waals surface area (Å²) in [5, 5.41) is 14.5. The Morgan fingerprint density at radius 1 is 1.38 bits per heavy atom. The number of rotatable bonds is 7.